The molecule has 0 fully saturated rings. The van der Waals surface area contributed by atoms with Crippen LogP contribution in [0.3, 0.4) is 0 Å². The Morgan fingerprint density at radius 2 is 1.12 bits per heavy atom. The normalized spacial score (nSPS) is 15.4. The lowest BCUT2D eigenvalue weighted by Crippen LogP contribution is -2.32. The van der Waals surface area contributed by atoms with E-state index in [0.29, 0.717) is 0 Å². The minimum Gasteiger partial charge on any atom is -0.453 e. The molecule has 7 aromatic carbocycles. The third kappa shape index (κ3) is 3.84. The van der Waals surface area contributed by atoms with Gasteiger partial charge in [0, 0.05) is 27.6 Å². The summed E-state index contributed by atoms with van der Waals surface area (Å²) in [6.07, 6.45) is 0. The topological polar surface area (TPSA) is 15.7 Å². The molecule has 0 spiro atoms. The number of rotatable bonds is 3. The van der Waals surface area contributed by atoms with Gasteiger partial charge in [0.05, 0.1) is 22.7 Å². The van der Waals surface area contributed by atoms with E-state index in [1.807, 2.05) is 6.07 Å². The van der Waals surface area contributed by atoms with Crippen LogP contribution < -0.4 is 14.5 Å². The Labute approximate surface area is 287 Å². The first-order chi connectivity index (χ1) is 23.8. The fraction of sp³-hybridized carbons (Fsp3) is 0.130. The molecule has 0 amide bonds. The van der Waals surface area contributed by atoms with Gasteiger partial charge in [-0.15, -0.1) is 0 Å². The van der Waals surface area contributed by atoms with Crippen LogP contribution in [-0.4, -0.2) is 0 Å². The van der Waals surface area contributed by atoms with E-state index >= 15 is 0 Å². The van der Waals surface area contributed by atoms with E-state index in [-0.39, 0.29) is 10.8 Å². The van der Waals surface area contributed by atoms with Crippen molar-refractivity contribution in [2.45, 2.75) is 38.5 Å². The first-order valence-corrected chi connectivity index (χ1v) is 17.2. The third-order valence-corrected chi connectivity index (χ3v) is 11.2. The van der Waals surface area contributed by atoms with Crippen molar-refractivity contribution in [3.05, 3.63) is 168 Å². The molecule has 0 N–H and O–H groups in total. The maximum atomic E-state index is 6.48. The summed E-state index contributed by atoms with van der Waals surface area (Å²) in [4.78, 5) is 4.88. The van der Waals surface area contributed by atoms with Crippen LogP contribution in [0.25, 0.3) is 21.9 Å². The summed E-state index contributed by atoms with van der Waals surface area (Å²) in [6, 6.07) is 53.2. The average Bonchev–Trinajstić information content (AvgIpc) is 3.36. The predicted octanol–water partition coefficient (Wildman–Crippen LogP) is 12.8. The Morgan fingerprint density at radius 3 is 2.02 bits per heavy atom. The molecule has 236 valence electrons. The second-order valence-corrected chi connectivity index (χ2v) is 14.6. The van der Waals surface area contributed by atoms with Crippen molar-refractivity contribution >= 4 is 44.9 Å². The second-order valence-electron chi connectivity index (χ2n) is 14.6. The average molecular weight is 633 g/mol. The SMILES string of the molecule is CC1(C)c2ccccc2-c2ccc(N(c3ccc4c(c3)C(C)(C)c3cccc5c3N4c3ccccc3O5)c3cccc4ccccc34)cc21. The molecular formula is C46H36N2O. The molecule has 49 heavy (non-hydrogen) atoms. The Balaban J connectivity index is 1.22. The van der Waals surface area contributed by atoms with Gasteiger partial charge in [-0.3, -0.25) is 0 Å². The molecule has 3 heteroatoms. The van der Waals surface area contributed by atoms with E-state index in [0.717, 1.165) is 34.2 Å². The third-order valence-electron chi connectivity index (χ3n) is 11.2. The highest BCUT2D eigenvalue weighted by molar-refractivity contribution is 6.00. The fourth-order valence-electron chi connectivity index (χ4n) is 8.72. The Hall–Kier alpha value is -5.80. The lowest BCUT2D eigenvalue weighted by molar-refractivity contribution is 0.471. The van der Waals surface area contributed by atoms with Crippen molar-refractivity contribution in [1.82, 2.24) is 0 Å². The van der Waals surface area contributed by atoms with Crippen molar-refractivity contribution in [2.24, 2.45) is 0 Å². The zero-order valence-electron chi connectivity index (χ0n) is 28.2. The minimum absolute atomic E-state index is 0.102. The zero-order valence-corrected chi connectivity index (χ0v) is 28.2. The first-order valence-electron chi connectivity index (χ1n) is 17.2. The summed E-state index contributed by atoms with van der Waals surface area (Å²) < 4.78 is 6.48. The maximum Gasteiger partial charge on any atom is 0.151 e. The Kier molecular flexibility index (Phi) is 5.69. The highest BCUT2D eigenvalue weighted by Crippen LogP contribution is 2.60. The van der Waals surface area contributed by atoms with Gasteiger partial charge in [0.25, 0.3) is 0 Å². The minimum atomic E-state index is -0.269. The van der Waals surface area contributed by atoms with Gasteiger partial charge >= 0.3 is 0 Å². The molecule has 7 aromatic rings. The van der Waals surface area contributed by atoms with E-state index < -0.39 is 0 Å². The molecule has 2 aliphatic heterocycles. The molecule has 10 rings (SSSR count). The number of hydrogen-bond donors (Lipinski definition) is 0. The quantitative estimate of drug-likeness (QED) is 0.193. The van der Waals surface area contributed by atoms with Crippen LogP contribution in [0, 0.1) is 0 Å². The molecule has 0 saturated heterocycles. The fourth-order valence-corrected chi connectivity index (χ4v) is 8.72. The summed E-state index contributed by atoms with van der Waals surface area (Å²) >= 11 is 0. The van der Waals surface area contributed by atoms with Crippen molar-refractivity contribution in [2.75, 3.05) is 9.80 Å². The molecule has 0 aromatic heterocycles. The molecule has 3 nitrogen and oxygen atoms in total. The Bertz CT molecular complexity index is 2500. The van der Waals surface area contributed by atoms with Gasteiger partial charge in [-0.05, 0) is 93.4 Å². The van der Waals surface area contributed by atoms with Crippen molar-refractivity contribution in [3.8, 4) is 22.6 Å². The molecule has 2 heterocycles. The number of ether oxygens (including phenoxy) is 1. The summed E-state index contributed by atoms with van der Waals surface area (Å²) in [7, 11) is 0. The van der Waals surface area contributed by atoms with Gasteiger partial charge in [-0.2, -0.15) is 0 Å². The van der Waals surface area contributed by atoms with E-state index in [1.165, 1.54) is 55.5 Å². The standard InChI is InChI=1S/C46H36N2O/c1-45(2)35-17-8-7-16-33(35)34-25-23-30(27-37(34)45)47(39-20-11-14-29-13-5-6-15-32(29)39)31-24-26-40-38(28-31)46(3,4)36-18-12-22-43-44(36)48(40)41-19-9-10-21-42(41)49-43/h5-28H,1-4H3. The van der Waals surface area contributed by atoms with E-state index in [1.54, 1.807) is 0 Å². The van der Waals surface area contributed by atoms with E-state index in [4.69, 9.17) is 4.74 Å². The molecule has 0 atom stereocenters. The number of hydrogen-bond acceptors (Lipinski definition) is 3. The maximum absolute atomic E-state index is 6.48. The highest BCUT2D eigenvalue weighted by Gasteiger charge is 2.42. The highest BCUT2D eigenvalue weighted by atomic mass is 16.5. The predicted molar refractivity (Wildman–Crippen MR) is 203 cm³/mol. The molecule has 0 unspecified atom stereocenters. The second kappa shape index (κ2) is 9.87. The van der Waals surface area contributed by atoms with Crippen LogP contribution in [-0.2, 0) is 10.8 Å². The van der Waals surface area contributed by atoms with Crippen molar-refractivity contribution in [3.63, 3.8) is 0 Å². The van der Waals surface area contributed by atoms with Gasteiger partial charge < -0.3 is 14.5 Å². The van der Waals surface area contributed by atoms with Gasteiger partial charge in [0.2, 0.25) is 0 Å². The molecule has 0 saturated carbocycles. The Morgan fingerprint density at radius 1 is 0.490 bits per heavy atom. The molecule has 3 aliphatic rings. The van der Waals surface area contributed by atoms with Gasteiger partial charge in [-0.25, -0.2) is 0 Å². The molecule has 1 aliphatic carbocycles. The molecule has 0 radical (unpaired) electrons. The summed E-state index contributed by atoms with van der Waals surface area (Å²) in [5.41, 5.74) is 14.4. The van der Waals surface area contributed by atoms with Gasteiger partial charge in [0.15, 0.2) is 11.5 Å². The smallest absolute Gasteiger partial charge is 0.151 e. The largest absolute Gasteiger partial charge is 0.453 e. The van der Waals surface area contributed by atoms with Crippen LogP contribution in [0.4, 0.5) is 34.1 Å². The van der Waals surface area contributed by atoms with E-state index in [9.17, 15) is 0 Å². The number of fused-ring (bicyclic) bond motifs is 8. The number of anilines is 6. The lowest BCUT2D eigenvalue weighted by atomic mass is 9.73. The number of para-hydroxylation sites is 3. The lowest BCUT2D eigenvalue weighted by Gasteiger charge is -2.45. The van der Waals surface area contributed by atoms with Crippen LogP contribution in [0.5, 0.6) is 11.5 Å². The zero-order chi connectivity index (χ0) is 33.1. The molecule has 0 bridgehead atoms. The van der Waals surface area contributed by atoms with Crippen molar-refractivity contribution in [1.29, 1.82) is 0 Å². The summed E-state index contributed by atoms with van der Waals surface area (Å²) in [5, 5.41) is 2.45. The van der Waals surface area contributed by atoms with Crippen LogP contribution in [0.1, 0.15) is 49.9 Å². The van der Waals surface area contributed by atoms with Crippen molar-refractivity contribution < 1.29 is 4.74 Å². The number of nitrogens with zero attached hydrogens (tertiary/aromatic N) is 2. The summed E-state index contributed by atoms with van der Waals surface area (Å²) in [5.74, 6) is 1.78. The van der Waals surface area contributed by atoms with Crippen LogP contribution >= 0.6 is 0 Å². The first kappa shape index (κ1) is 28.2. The molecular weight excluding hydrogens is 597 g/mol. The van der Waals surface area contributed by atoms with E-state index in [2.05, 4.69) is 177 Å². The summed E-state index contributed by atoms with van der Waals surface area (Å²) in [6.45, 7) is 9.41. The number of benzene rings is 7. The van der Waals surface area contributed by atoms with Gasteiger partial charge in [0.1, 0.15) is 0 Å². The van der Waals surface area contributed by atoms with Crippen LogP contribution in [0.2, 0.25) is 0 Å². The van der Waals surface area contributed by atoms with Crippen LogP contribution in [0.15, 0.2) is 146 Å². The van der Waals surface area contributed by atoms with Gasteiger partial charge in [-0.1, -0.05) is 119 Å². The monoisotopic (exact) mass is 632 g/mol.